The molecule has 0 heterocycles. The maximum Gasteiger partial charge on any atom is 0.159 e. The summed E-state index contributed by atoms with van der Waals surface area (Å²) < 4.78 is 0. The van der Waals surface area contributed by atoms with E-state index in [1.807, 2.05) is 12.1 Å². The first-order valence-corrected chi connectivity index (χ1v) is 6.50. The fourth-order valence-electron chi connectivity index (χ4n) is 2.40. The Bertz CT molecular complexity index is 400. The van der Waals surface area contributed by atoms with Gasteiger partial charge in [-0.25, -0.2) is 0 Å². The Balaban J connectivity index is 1.86. The van der Waals surface area contributed by atoms with Crippen LogP contribution in [0.15, 0.2) is 36.4 Å². The van der Waals surface area contributed by atoms with Crippen LogP contribution in [-0.2, 0) is 6.42 Å². The van der Waals surface area contributed by atoms with Crippen molar-refractivity contribution in [1.29, 1.82) is 0 Å². The zero-order valence-corrected chi connectivity index (χ0v) is 10.5. The molecule has 0 fully saturated rings. The molecule has 0 aromatic heterocycles. The number of benzene rings is 1. The quantitative estimate of drug-likeness (QED) is 0.558. The van der Waals surface area contributed by atoms with Gasteiger partial charge < -0.3 is 0 Å². The van der Waals surface area contributed by atoms with Crippen LogP contribution < -0.4 is 0 Å². The van der Waals surface area contributed by atoms with E-state index in [9.17, 15) is 4.79 Å². The molecule has 1 atom stereocenters. The minimum atomic E-state index is 0.147. The summed E-state index contributed by atoms with van der Waals surface area (Å²) in [5, 5.41) is 0. The molecule has 17 heavy (non-hydrogen) atoms. The molecule has 2 rings (SSSR count). The number of hydrogen-bond donors (Lipinski definition) is 0. The van der Waals surface area contributed by atoms with Crippen LogP contribution >= 0.6 is 0 Å². The lowest BCUT2D eigenvalue weighted by molar-refractivity contribution is 0.101. The van der Waals surface area contributed by atoms with E-state index < -0.39 is 0 Å². The van der Waals surface area contributed by atoms with Crippen molar-refractivity contribution in [2.75, 3.05) is 0 Å². The Hall–Kier alpha value is -1.37. The molecule has 1 aliphatic rings. The predicted molar refractivity (Wildman–Crippen MR) is 71.2 cm³/mol. The van der Waals surface area contributed by atoms with Gasteiger partial charge in [-0.05, 0) is 50.5 Å². The highest BCUT2D eigenvalue weighted by atomic mass is 16.1. The molecule has 1 nitrogen and oxygen atoms in total. The van der Waals surface area contributed by atoms with Gasteiger partial charge in [0.1, 0.15) is 0 Å². The fourth-order valence-corrected chi connectivity index (χ4v) is 2.40. The molecule has 0 radical (unpaired) electrons. The number of ketones is 1. The largest absolute Gasteiger partial charge is 0.295 e. The normalized spacial score (nSPS) is 19.2. The Kier molecular flexibility index (Phi) is 4.13. The van der Waals surface area contributed by atoms with Gasteiger partial charge >= 0.3 is 0 Å². The molecule has 1 aromatic carbocycles. The number of rotatable bonds is 4. The van der Waals surface area contributed by atoms with E-state index in [2.05, 4.69) is 24.3 Å². The van der Waals surface area contributed by atoms with Crippen LogP contribution in [0.5, 0.6) is 0 Å². The van der Waals surface area contributed by atoms with Gasteiger partial charge in [0.2, 0.25) is 0 Å². The maximum atomic E-state index is 11.2. The standard InChI is InChI=1S/C16H20O/c1-13(17)16-11-9-15(10-12-16)8-7-14-5-3-2-4-6-14/h2-3,9-12,14H,4-8H2,1H3. The summed E-state index contributed by atoms with van der Waals surface area (Å²) in [5.74, 6) is 1.00. The number of aryl methyl sites for hydroxylation is 1. The van der Waals surface area contributed by atoms with Crippen LogP contribution in [0.1, 0.15) is 48.5 Å². The van der Waals surface area contributed by atoms with E-state index in [0.717, 1.165) is 17.9 Å². The molecule has 0 bridgehead atoms. The van der Waals surface area contributed by atoms with Crippen LogP contribution in [0.25, 0.3) is 0 Å². The summed E-state index contributed by atoms with van der Waals surface area (Å²) in [4.78, 5) is 11.2. The lowest BCUT2D eigenvalue weighted by Crippen LogP contribution is -2.04. The average Bonchev–Trinajstić information content (AvgIpc) is 2.38. The Morgan fingerprint density at radius 3 is 2.59 bits per heavy atom. The first kappa shape index (κ1) is 12.1. The van der Waals surface area contributed by atoms with Gasteiger partial charge in [-0.1, -0.05) is 36.4 Å². The SMILES string of the molecule is CC(=O)c1ccc(CCC2CC=CCC2)cc1. The minimum absolute atomic E-state index is 0.147. The van der Waals surface area contributed by atoms with Gasteiger partial charge in [-0.15, -0.1) is 0 Å². The predicted octanol–water partition coefficient (Wildman–Crippen LogP) is 4.18. The van der Waals surface area contributed by atoms with Crippen molar-refractivity contribution in [2.45, 2.75) is 39.0 Å². The summed E-state index contributed by atoms with van der Waals surface area (Å²) in [6.45, 7) is 1.61. The maximum absolute atomic E-state index is 11.2. The van der Waals surface area contributed by atoms with Gasteiger partial charge in [0.25, 0.3) is 0 Å². The lowest BCUT2D eigenvalue weighted by atomic mass is 9.89. The number of Topliss-reactive ketones (excluding diaryl/α,β-unsaturated/α-hetero) is 1. The third-order valence-corrected chi connectivity index (χ3v) is 3.58. The second-order valence-corrected chi connectivity index (χ2v) is 4.94. The average molecular weight is 228 g/mol. The van der Waals surface area contributed by atoms with Gasteiger partial charge in [0.15, 0.2) is 5.78 Å². The first-order chi connectivity index (χ1) is 8.25. The molecule has 0 amide bonds. The van der Waals surface area contributed by atoms with E-state index in [0.29, 0.717) is 0 Å². The molecule has 0 aliphatic heterocycles. The number of carbonyl (C=O) groups is 1. The van der Waals surface area contributed by atoms with Crippen molar-refractivity contribution in [3.05, 3.63) is 47.5 Å². The van der Waals surface area contributed by atoms with Gasteiger partial charge in [0, 0.05) is 5.56 Å². The third kappa shape index (κ3) is 3.55. The molecule has 0 spiro atoms. The molecular formula is C16H20O. The number of hydrogen-bond acceptors (Lipinski definition) is 1. The Morgan fingerprint density at radius 1 is 1.24 bits per heavy atom. The van der Waals surface area contributed by atoms with Gasteiger partial charge in [-0.2, -0.15) is 0 Å². The Morgan fingerprint density at radius 2 is 2.00 bits per heavy atom. The summed E-state index contributed by atoms with van der Waals surface area (Å²) in [6.07, 6.45) is 10.8. The molecule has 1 aliphatic carbocycles. The molecule has 1 unspecified atom stereocenters. The highest BCUT2D eigenvalue weighted by Gasteiger charge is 2.09. The summed E-state index contributed by atoms with van der Waals surface area (Å²) in [7, 11) is 0. The van der Waals surface area contributed by atoms with Crippen LogP contribution in [0, 0.1) is 5.92 Å². The van der Waals surface area contributed by atoms with Crippen LogP contribution in [0.4, 0.5) is 0 Å². The monoisotopic (exact) mass is 228 g/mol. The summed E-state index contributed by atoms with van der Waals surface area (Å²) in [5.41, 5.74) is 2.17. The minimum Gasteiger partial charge on any atom is -0.295 e. The fraction of sp³-hybridized carbons (Fsp3) is 0.438. The third-order valence-electron chi connectivity index (χ3n) is 3.58. The first-order valence-electron chi connectivity index (χ1n) is 6.50. The highest BCUT2D eigenvalue weighted by Crippen LogP contribution is 2.23. The molecule has 1 aromatic rings. The topological polar surface area (TPSA) is 17.1 Å². The highest BCUT2D eigenvalue weighted by molar-refractivity contribution is 5.93. The van der Waals surface area contributed by atoms with E-state index in [-0.39, 0.29) is 5.78 Å². The second kappa shape index (κ2) is 5.81. The van der Waals surface area contributed by atoms with Crippen molar-refractivity contribution in [3.8, 4) is 0 Å². The van der Waals surface area contributed by atoms with Crippen LogP contribution in [-0.4, -0.2) is 5.78 Å². The smallest absolute Gasteiger partial charge is 0.159 e. The van der Waals surface area contributed by atoms with Crippen molar-refractivity contribution in [3.63, 3.8) is 0 Å². The van der Waals surface area contributed by atoms with Crippen molar-refractivity contribution < 1.29 is 4.79 Å². The van der Waals surface area contributed by atoms with Crippen molar-refractivity contribution in [2.24, 2.45) is 5.92 Å². The lowest BCUT2D eigenvalue weighted by Gasteiger charge is -2.17. The Labute approximate surface area is 104 Å². The van der Waals surface area contributed by atoms with E-state index >= 15 is 0 Å². The molecule has 0 saturated heterocycles. The second-order valence-electron chi connectivity index (χ2n) is 4.94. The van der Waals surface area contributed by atoms with Gasteiger partial charge in [-0.3, -0.25) is 4.79 Å². The molecule has 1 heteroatoms. The molecule has 0 N–H and O–H groups in total. The summed E-state index contributed by atoms with van der Waals surface area (Å²) in [6, 6.07) is 8.07. The van der Waals surface area contributed by atoms with Crippen molar-refractivity contribution >= 4 is 5.78 Å². The van der Waals surface area contributed by atoms with Crippen LogP contribution in [0.2, 0.25) is 0 Å². The van der Waals surface area contributed by atoms with Crippen LogP contribution in [0.3, 0.4) is 0 Å². The zero-order chi connectivity index (χ0) is 12.1. The van der Waals surface area contributed by atoms with E-state index in [1.54, 1.807) is 6.92 Å². The summed E-state index contributed by atoms with van der Waals surface area (Å²) >= 11 is 0. The zero-order valence-electron chi connectivity index (χ0n) is 10.5. The molecular weight excluding hydrogens is 208 g/mol. The number of allylic oxidation sites excluding steroid dienone is 2. The van der Waals surface area contributed by atoms with Crippen molar-refractivity contribution in [1.82, 2.24) is 0 Å². The van der Waals surface area contributed by atoms with Gasteiger partial charge in [0.05, 0.1) is 0 Å². The molecule has 0 saturated carbocycles. The van der Waals surface area contributed by atoms with E-state index in [1.165, 1.54) is 31.2 Å². The number of carbonyl (C=O) groups excluding carboxylic acids is 1. The molecule has 90 valence electrons. The van der Waals surface area contributed by atoms with E-state index in [4.69, 9.17) is 0 Å².